The van der Waals surface area contributed by atoms with Crippen LogP contribution in [0.3, 0.4) is 0 Å². The third-order valence-electron chi connectivity index (χ3n) is 2.68. The van der Waals surface area contributed by atoms with E-state index in [1.54, 1.807) is 6.07 Å². The van der Waals surface area contributed by atoms with Crippen LogP contribution in [-0.2, 0) is 6.54 Å². The van der Waals surface area contributed by atoms with Gasteiger partial charge in [-0.25, -0.2) is 0 Å². The van der Waals surface area contributed by atoms with E-state index in [9.17, 15) is 5.11 Å². The third kappa shape index (κ3) is 2.62. The first kappa shape index (κ1) is 12.0. The van der Waals surface area contributed by atoms with Gasteiger partial charge in [-0.1, -0.05) is 6.92 Å². The van der Waals surface area contributed by atoms with Crippen molar-refractivity contribution < 1.29 is 19.3 Å². The minimum absolute atomic E-state index is 0.223. The van der Waals surface area contributed by atoms with Crippen LogP contribution in [0.25, 0.3) is 0 Å². The van der Waals surface area contributed by atoms with Crippen molar-refractivity contribution in [2.45, 2.75) is 26.0 Å². The fourth-order valence-electron chi connectivity index (χ4n) is 1.56. The lowest BCUT2D eigenvalue weighted by atomic mass is 10.1. The molecule has 1 unspecified atom stereocenters. The molecule has 1 heterocycles. The van der Waals surface area contributed by atoms with Crippen LogP contribution in [0.2, 0.25) is 0 Å². The predicted octanol–water partition coefficient (Wildman–Crippen LogP) is 1.02. The first-order chi connectivity index (χ1) is 8.24. The third-order valence-corrected chi connectivity index (χ3v) is 2.68. The normalized spacial score (nSPS) is 14.8. The van der Waals surface area contributed by atoms with Crippen LogP contribution in [0, 0.1) is 0 Å². The van der Waals surface area contributed by atoms with Gasteiger partial charge in [-0.3, -0.25) is 0 Å². The Hall–Kier alpha value is -1.46. The molecule has 1 atom stereocenters. The van der Waals surface area contributed by atoms with Gasteiger partial charge in [0, 0.05) is 18.2 Å². The summed E-state index contributed by atoms with van der Waals surface area (Å²) in [6.45, 7) is 2.73. The molecule has 17 heavy (non-hydrogen) atoms. The Kier molecular flexibility index (Phi) is 3.71. The summed E-state index contributed by atoms with van der Waals surface area (Å²) in [4.78, 5) is 0. The minimum Gasteiger partial charge on any atom is -0.490 e. The molecule has 1 aromatic carbocycles. The number of ether oxygens (including phenoxy) is 3. The molecule has 2 rings (SSSR count). The fraction of sp³-hybridized carbons (Fsp3) is 0.500. The van der Waals surface area contributed by atoms with E-state index in [1.165, 1.54) is 0 Å². The van der Waals surface area contributed by atoms with Crippen LogP contribution < -0.4 is 19.9 Å². The van der Waals surface area contributed by atoms with Crippen molar-refractivity contribution in [3.05, 3.63) is 17.7 Å². The zero-order chi connectivity index (χ0) is 12.3. The second-order valence-electron chi connectivity index (χ2n) is 3.89. The topological polar surface area (TPSA) is 73.9 Å². The number of hydrogen-bond donors (Lipinski definition) is 2. The van der Waals surface area contributed by atoms with Crippen molar-refractivity contribution in [2.75, 3.05) is 13.4 Å². The summed E-state index contributed by atoms with van der Waals surface area (Å²) in [7, 11) is 0. The summed E-state index contributed by atoms with van der Waals surface area (Å²) in [6, 6.07) is 3.57. The largest absolute Gasteiger partial charge is 0.490 e. The highest BCUT2D eigenvalue weighted by Gasteiger charge is 2.17. The highest BCUT2D eigenvalue weighted by molar-refractivity contribution is 5.51. The maximum Gasteiger partial charge on any atom is 0.231 e. The summed E-state index contributed by atoms with van der Waals surface area (Å²) < 4.78 is 16.1. The van der Waals surface area contributed by atoms with Crippen molar-refractivity contribution >= 4 is 0 Å². The van der Waals surface area contributed by atoms with E-state index in [1.807, 2.05) is 13.0 Å². The molecule has 3 N–H and O–H groups in total. The number of fused-ring (bicyclic) bond motifs is 1. The van der Waals surface area contributed by atoms with Gasteiger partial charge in [-0.2, -0.15) is 0 Å². The quantitative estimate of drug-likeness (QED) is 0.802. The summed E-state index contributed by atoms with van der Waals surface area (Å²) in [5.41, 5.74) is 6.49. The minimum atomic E-state index is -0.467. The first-order valence-corrected chi connectivity index (χ1v) is 5.68. The SMILES string of the molecule is CCC(O)COc1cc2c(cc1CN)OCO2. The van der Waals surface area contributed by atoms with E-state index in [2.05, 4.69) is 0 Å². The number of nitrogens with two attached hydrogens (primary N) is 1. The molecule has 0 aromatic heterocycles. The molecule has 1 aliphatic heterocycles. The maximum absolute atomic E-state index is 9.46. The van der Waals surface area contributed by atoms with Crippen LogP contribution in [0.1, 0.15) is 18.9 Å². The fourth-order valence-corrected chi connectivity index (χ4v) is 1.56. The number of aliphatic hydroxyl groups excluding tert-OH is 1. The lowest BCUT2D eigenvalue weighted by molar-refractivity contribution is 0.103. The Morgan fingerprint density at radius 3 is 2.76 bits per heavy atom. The molecule has 5 heteroatoms. The van der Waals surface area contributed by atoms with Crippen molar-refractivity contribution in [1.82, 2.24) is 0 Å². The molecule has 0 amide bonds. The van der Waals surface area contributed by atoms with Gasteiger partial charge in [-0.05, 0) is 12.5 Å². The molecule has 0 radical (unpaired) electrons. The van der Waals surface area contributed by atoms with Crippen LogP contribution in [0.4, 0.5) is 0 Å². The van der Waals surface area contributed by atoms with Crippen molar-refractivity contribution in [2.24, 2.45) is 5.73 Å². The number of aliphatic hydroxyl groups is 1. The van der Waals surface area contributed by atoms with Gasteiger partial charge in [-0.15, -0.1) is 0 Å². The van der Waals surface area contributed by atoms with E-state index < -0.39 is 6.10 Å². The monoisotopic (exact) mass is 239 g/mol. The zero-order valence-electron chi connectivity index (χ0n) is 9.81. The van der Waals surface area contributed by atoms with Gasteiger partial charge in [0.1, 0.15) is 12.4 Å². The second kappa shape index (κ2) is 5.25. The highest BCUT2D eigenvalue weighted by Crippen LogP contribution is 2.38. The summed E-state index contributed by atoms with van der Waals surface area (Å²) in [5, 5.41) is 9.46. The Labute approximate surface area is 100 Å². The molecule has 1 aromatic rings. The van der Waals surface area contributed by atoms with Gasteiger partial charge < -0.3 is 25.1 Å². The van der Waals surface area contributed by atoms with E-state index in [4.69, 9.17) is 19.9 Å². The van der Waals surface area contributed by atoms with E-state index in [0.29, 0.717) is 30.2 Å². The molecular formula is C12H17NO4. The first-order valence-electron chi connectivity index (χ1n) is 5.68. The smallest absolute Gasteiger partial charge is 0.231 e. The van der Waals surface area contributed by atoms with Gasteiger partial charge >= 0.3 is 0 Å². The molecule has 94 valence electrons. The van der Waals surface area contributed by atoms with Crippen LogP contribution in [-0.4, -0.2) is 24.6 Å². The van der Waals surface area contributed by atoms with Gasteiger partial charge in [0.05, 0.1) is 6.10 Å². The van der Waals surface area contributed by atoms with E-state index >= 15 is 0 Å². The van der Waals surface area contributed by atoms with Crippen molar-refractivity contribution in [1.29, 1.82) is 0 Å². The average Bonchev–Trinajstić information content (AvgIpc) is 2.81. The van der Waals surface area contributed by atoms with Gasteiger partial charge in [0.25, 0.3) is 0 Å². The van der Waals surface area contributed by atoms with Crippen LogP contribution >= 0.6 is 0 Å². The molecule has 0 spiro atoms. The average molecular weight is 239 g/mol. The Morgan fingerprint density at radius 1 is 1.41 bits per heavy atom. The molecule has 0 saturated heterocycles. The summed E-state index contributed by atoms with van der Waals surface area (Å²) in [5.74, 6) is 1.99. The molecule has 1 aliphatic rings. The van der Waals surface area contributed by atoms with Crippen molar-refractivity contribution in [3.8, 4) is 17.2 Å². The Bertz CT molecular complexity index is 394. The lowest BCUT2D eigenvalue weighted by Crippen LogP contribution is -2.17. The number of benzene rings is 1. The summed E-state index contributed by atoms with van der Waals surface area (Å²) >= 11 is 0. The standard InChI is InChI=1S/C12H17NO4/c1-2-9(14)6-15-10-4-12-11(16-7-17-12)3-8(10)5-13/h3-4,9,14H,2,5-7,13H2,1H3. The molecule has 0 bridgehead atoms. The number of hydrogen-bond acceptors (Lipinski definition) is 5. The van der Waals surface area contributed by atoms with E-state index in [-0.39, 0.29) is 13.4 Å². The zero-order valence-corrected chi connectivity index (χ0v) is 9.81. The Morgan fingerprint density at radius 2 is 2.12 bits per heavy atom. The lowest BCUT2D eigenvalue weighted by Gasteiger charge is -2.13. The highest BCUT2D eigenvalue weighted by atomic mass is 16.7. The predicted molar refractivity (Wildman–Crippen MR) is 62.2 cm³/mol. The van der Waals surface area contributed by atoms with Crippen molar-refractivity contribution in [3.63, 3.8) is 0 Å². The van der Waals surface area contributed by atoms with Crippen LogP contribution in [0.5, 0.6) is 17.2 Å². The van der Waals surface area contributed by atoms with Gasteiger partial charge in [0.2, 0.25) is 6.79 Å². The summed E-state index contributed by atoms with van der Waals surface area (Å²) in [6.07, 6.45) is 0.189. The van der Waals surface area contributed by atoms with E-state index in [0.717, 1.165) is 5.56 Å². The molecule has 0 saturated carbocycles. The van der Waals surface area contributed by atoms with Gasteiger partial charge in [0.15, 0.2) is 11.5 Å². The Balaban J connectivity index is 2.15. The molecular weight excluding hydrogens is 222 g/mol. The number of rotatable bonds is 5. The maximum atomic E-state index is 9.46. The molecule has 0 fully saturated rings. The van der Waals surface area contributed by atoms with Crippen LogP contribution in [0.15, 0.2) is 12.1 Å². The molecule has 5 nitrogen and oxygen atoms in total. The molecule has 0 aliphatic carbocycles. The second-order valence-corrected chi connectivity index (χ2v) is 3.89.